The molecule has 1 atom stereocenters. The number of carbonyl (C=O) groups is 2. The molecule has 2 rings (SSSR count). The first-order chi connectivity index (χ1) is 10.5. The summed E-state index contributed by atoms with van der Waals surface area (Å²) in [4.78, 5) is 46.6. The largest absolute Gasteiger partial charge is 0.342 e. The molecule has 0 radical (unpaired) electrons. The van der Waals surface area contributed by atoms with Crippen molar-refractivity contribution in [2.24, 2.45) is 0 Å². The van der Waals surface area contributed by atoms with Crippen molar-refractivity contribution < 1.29 is 9.59 Å². The zero-order valence-corrected chi connectivity index (χ0v) is 13.3. The average molecular weight is 306 g/mol. The van der Waals surface area contributed by atoms with Gasteiger partial charge in [-0.3, -0.25) is 14.4 Å². The van der Waals surface area contributed by atoms with Crippen molar-refractivity contribution in [3.63, 3.8) is 0 Å². The summed E-state index contributed by atoms with van der Waals surface area (Å²) < 4.78 is 0. The predicted octanol–water partition coefficient (Wildman–Crippen LogP) is 0.551. The molecule has 7 heteroatoms. The minimum Gasteiger partial charge on any atom is -0.342 e. The zero-order chi connectivity index (χ0) is 16.3. The second kappa shape index (κ2) is 6.72. The van der Waals surface area contributed by atoms with Gasteiger partial charge >= 0.3 is 0 Å². The van der Waals surface area contributed by atoms with Gasteiger partial charge in [0.2, 0.25) is 5.91 Å². The Morgan fingerprint density at radius 2 is 2.14 bits per heavy atom. The van der Waals surface area contributed by atoms with E-state index in [4.69, 9.17) is 0 Å². The molecule has 120 valence electrons. The molecule has 0 saturated carbocycles. The lowest BCUT2D eigenvalue weighted by atomic mass is 10.0. The summed E-state index contributed by atoms with van der Waals surface area (Å²) in [6.45, 7) is 4.60. The summed E-state index contributed by atoms with van der Waals surface area (Å²) in [5.74, 6) is -0.0283. The highest BCUT2D eigenvalue weighted by Crippen LogP contribution is 2.18. The molecule has 1 aliphatic rings. The molecule has 1 N–H and O–H groups in total. The van der Waals surface area contributed by atoms with Crippen LogP contribution in [-0.4, -0.2) is 57.8 Å². The van der Waals surface area contributed by atoms with Crippen molar-refractivity contribution in [3.05, 3.63) is 27.9 Å². The lowest BCUT2D eigenvalue weighted by Gasteiger charge is -2.39. The van der Waals surface area contributed by atoms with Gasteiger partial charge in [0.25, 0.3) is 11.5 Å². The molecular formula is C15H22N4O3. The minimum absolute atomic E-state index is 0.00977. The third kappa shape index (κ3) is 3.18. The molecule has 1 saturated heterocycles. The van der Waals surface area contributed by atoms with Crippen LogP contribution >= 0.6 is 0 Å². The molecule has 1 fully saturated rings. The first-order valence-corrected chi connectivity index (χ1v) is 7.57. The Hall–Kier alpha value is -2.18. The van der Waals surface area contributed by atoms with Crippen molar-refractivity contribution in [1.82, 2.24) is 19.8 Å². The zero-order valence-electron chi connectivity index (χ0n) is 13.3. The number of aryl methyl sites for hydroxylation is 1. The van der Waals surface area contributed by atoms with E-state index in [0.29, 0.717) is 25.3 Å². The van der Waals surface area contributed by atoms with Crippen molar-refractivity contribution >= 4 is 11.8 Å². The van der Waals surface area contributed by atoms with Crippen LogP contribution in [0.25, 0.3) is 0 Å². The molecule has 1 aromatic heterocycles. The number of likely N-dealkylation sites (N-methyl/N-ethyl adjacent to an activating group) is 1. The Morgan fingerprint density at radius 1 is 1.41 bits per heavy atom. The Labute approximate surface area is 129 Å². The van der Waals surface area contributed by atoms with Crippen LogP contribution < -0.4 is 5.56 Å². The Bertz CT molecular complexity index is 625. The fourth-order valence-electron chi connectivity index (χ4n) is 2.62. The number of nitrogens with zero attached hydrogens (tertiary/aromatic N) is 3. The number of amides is 2. The number of hydrogen-bond acceptors (Lipinski definition) is 4. The molecule has 1 aliphatic heterocycles. The first-order valence-electron chi connectivity index (χ1n) is 7.57. The quantitative estimate of drug-likeness (QED) is 0.880. The summed E-state index contributed by atoms with van der Waals surface area (Å²) in [7, 11) is 1.74. The Kier molecular flexibility index (Phi) is 4.95. The minimum atomic E-state index is -0.494. The standard InChI is InChI=1S/C15H22N4O3/c1-4-5-6-12-15(22)18(3)7-8-19(12)14(21)11-9-16-10(2)17-13(11)20/h9,12H,4-8H2,1-3H3,(H,16,17,20)/t12-/m1/s1. The molecule has 7 nitrogen and oxygen atoms in total. The summed E-state index contributed by atoms with van der Waals surface area (Å²) >= 11 is 0. The second-order valence-electron chi connectivity index (χ2n) is 5.63. The van der Waals surface area contributed by atoms with E-state index in [1.54, 1.807) is 18.9 Å². The maximum atomic E-state index is 12.7. The van der Waals surface area contributed by atoms with Gasteiger partial charge in [0.15, 0.2) is 0 Å². The van der Waals surface area contributed by atoms with E-state index >= 15 is 0 Å². The van der Waals surface area contributed by atoms with Crippen LogP contribution in [0.4, 0.5) is 0 Å². The fraction of sp³-hybridized carbons (Fsp3) is 0.600. The van der Waals surface area contributed by atoms with E-state index in [9.17, 15) is 14.4 Å². The summed E-state index contributed by atoms with van der Waals surface area (Å²) in [6.07, 6.45) is 3.71. The monoisotopic (exact) mass is 306 g/mol. The highest BCUT2D eigenvalue weighted by Gasteiger charge is 2.36. The Morgan fingerprint density at radius 3 is 2.77 bits per heavy atom. The van der Waals surface area contributed by atoms with Gasteiger partial charge in [-0.25, -0.2) is 4.98 Å². The number of hydrogen-bond donors (Lipinski definition) is 1. The topological polar surface area (TPSA) is 86.4 Å². The maximum absolute atomic E-state index is 12.7. The van der Waals surface area contributed by atoms with E-state index in [1.165, 1.54) is 11.1 Å². The van der Waals surface area contributed by atoms with Crippen LogP contribution in [0, 0.1) is 6.92 Å². The normalized spacial score (nSPS) is 18.7. The molecule has 1 aromatic rings. The number of aromatic nitrogens is 2. The van der Waals surface area contributed by atoms with Crippen LogP contribution in [0.2, 0.25) is 0 Å². The molecule has 0 spiro atoms. The van der Waals surface area contributed by atoms with E-state index < -0.39 is 17.5 Å². The average Bonchev–Trinajstić information content (AvgIpc) is 2.48. The number of H-pyrrole nitrogens is 1. The molecule has 0 bridgehead atoms. The number of rotatable bonds is 4. The summed E-state index contributed by atoms with van der Waals surface area (Å²) in [5, 5.41) is 0. The van der Waals surface area contributed by atoms with Gasteiger partial charge in [-0.15, -0.1) is 0 Å². The predicted molar refractivity (Wildman–Crippen MR) is 81.6 cm³/mol. The summed E-state index contributed by atoms with van der Waals surface area (Å²) in [5.41, 5.74) is -0.470. The van der Waals surface area contributed by atoms with Gasteiger partial charge in [0.1, 0.15) is 17.4 Å². The van der Waals surface area contributed by atoms with Crippen LogP contribution in [0.1, 0.15) is 42.4 Å². The Balaban J connectivity index is 2.29. The fourth-order valence-corrected chi connectivity index (χ4v) is 2.62. The molecular weight excluding hydrogens is 284 g/mol. The van der Waals surface area contributed by atoms with Crippen molar-refractivity contribution in [2.45, 2.75) is 39.2 Å². The van der Waals surface area contributed by atoms with Crippen molar-refractivity contribution in [2.75, 3.05) is 20.1 Å². The van der Waals surface area contributed by atoms with Gasteiger partial charge in [-0.05, 0) is 13.3 Å². The SMILES string of the molecule is CCCC[C@@H]1C(=O)N(C)CCN1C(=O)c1cnc(C)[nH]c1=O. The van der Waals surface area contributed by atoms with E-state index in [1.807, 2.05) is 6.92 Å². The molecule has 0 aromatic carbocycles. The van der Waals surface area contributed by atoms with Crippen LogP contribution in [-0.2, 0) is 4.79 Å². The number of nitrogens with one attached hydrogen (secondary N) is 1. The highest BCUT2D eigenvalue weighted by atomic mass is 16.2. The molecule has 2 amide bonds. The maximum Gasteiger partial charge on any atom is 0.263 e. The second-order valence-corrected chi connectivity index (χ2v) is 5.63. The lowest BCUT2D eigenvalue weighted by molar-refractivity contribution is -0.138. The van der Waals surface area contributed by atoms with Crippen LogP contribution in [0.3, 0.4) is 0 Å². The molecule has 22 heavy (non-hydrogen) atoms. The van der Waals surface area contributed by atoms with Crippen molar-refractivity contribution in [1.29, 1.82) is 0 Å². The number of piperazine rings is 1. The van der Waals surface area contributed by atoms with E-state index in [-0.39, 0.29) is 11.5 Å². The number of carbonyl (C=O) groups excluding carboxylic acids is 2. The van der Waals surface area contributed by atoms with Gasteiger partial charge in [-0.2, -0.15) is 0 Å². The van der Waals surface area contributed by atoms with Gasteiger partial charge in [-0.1, -0.05) is 19.8 Å². The number of unbranched alkanes of at least 4 members (excludes halogenated alkanes) is 1. The van der Waals surface area contributed by atoms with Gasteiger partial charge in [0, 0.05) is 26.3 Å². The number of aromatic amines is 1. The highest BCUT2D eigenvalue weighted by molar-refractivity contribution is 5.97. The van der Waals surface area contributed by atoms with Crippen LogP contribution in [0.5, 0.6) is 0 Å². The van der Waals surface area contributed by atoms with E-state index in [0.717, 1.165) is 12.8 Å². The third-order valence-electron chi connectivity index (χ3n) is 3.96. The van der Waals surface area contributed by atoms with Crippen molar-refractivity contribution in [3.8, 4) is 0 Å². The van der Waals surface area contributed by atoms with E-state index in [2.05, 4.69) is 9.97 Å². The third-order valence-corrected chi connectivity index (χ3v) is 3.96. The van der Waals surface area contributed by atoms with Gasteiger partial charge < -0.3 is 14.8 Å². The summed E-state index contributed by atoms with van der Waals surface area (Å²) in [6, 6.07) is -0.494. The lowest BCUT2D eigenvalue weighted by Crippen LogP contribution is -2.58. The van der Waals surface area contributed by atoms with Gasteiger partial charge in [0.05, 0.1) is 0 Å². The molecule has 2 heterocycles. The first kappa shape index (κ1) is 16.2. The molecule has 0 aliphatic carbocycles. The van der Waals surface area contributed by atoms with Crippen LogP contribution in [0.15, 0.2) is 11.0 Å². The molecule has 0 unspecified atom stereocenters. The smallest absolute Gasteiger partial charge is 0.263 e.